The number of nitrogens with one attached hydrogen (secondary N) is 1. The Balaban J connectivity index is 1.72. The predicted molar refractivity (Wildman–Crippen MR) is 71.3 cm³/mol. The number of hydrogen-bond acceptors (Lipinski definition) is 2. The molecule has 4 fully saturated rings. The third-order valence-electron chi connectivity index (χ3n) is 5.55. The van der Waals surface area contributed by atoms with Gasteiger partial charge < -0.3 is 10.7 Å². The molecule has 18 heavy (non-hydrogen) atoms. The molecule has 0 radical (unpaired) electrons. The molecule has 4 aliphatic carbocycles. The van der Waals surface area contributed by atoms with Gasteiger partial charge in [0, 0.05) is 11.6 Å². The summed E-state index contributed by atoms with van der Waals surface area (Å²) >= 11 is 0. The van der Waals surface area contributed by atoms with Crippen molar-refractivity contribution in [2.45, 2.75) is 38.0 Å². The van der Waals surface area contributed by atoms with Crippen LogP contribution in [-0.4, -0.2) is 4.98 Å². The predicted octanol–water partition coefficient (Wildman–Crippen LogP) is 2.50. The molecule has 0 spiro atoms. The highest BCUT2D eigenvalue weighted by molar-refractivity contribution is 5.36. The lowest BCUT2D eigenvalue weighted by Gasteiger charge is -2.54. The second kappa shape index (κ2) is 3.62. The molecule has 3 heteroatoms. The van der Waals surface area contributed by atoms with Gasteiger partial charge in [0.2, 0.25) is 0 Å². The van der Waals surface area contributed by atoms with Crippen molar-refractivity contribution in [3.05, 3.63) is 28.2 Å². The van der Waals surface area contributed by atoms with Gasteiger partial charge in [0.05, 0.1) is 5.69 Å². The van der Waals surface area contributed by atoms with Crippen LogP contribution in [0.25, 0.3) is 0 Å². The number of hydrogen-bond donors (Lipinski definition) is 2. The fourth-order valence-corrected chi connectivity index (χ4v) is 5.13. The maximum Gasteiger partial charge on any atom is 0.271 e. The lowest BCUT2D eigenvalue weighted by molar-refractivity contribution is -0.00420. The van der Waals surface area contributed by atoms with E-state index in [0.717, 1.165) is 29.4 Å². The van der Waals surface area contributed by atoms with Crippen LogP contribution < -0.4 is 11.3 Å². The van der Waals surface area contributed by atoms with Gasteiger partial charge in [0.1, 0.15) is 0 Å². The third kappa shape index (κ3) is 1.46. The molecule has 1 aromatic rings. The van der Waals surface area contributed by atoms with Crippen LogP contribution in [0, 0.1) is 23.7 Å². The van der Waals surface area contributed by atoms with Crippen LogP contribution in [0.2, 0.25) is 0 Å². The molecular formula is C15H20N2O. The topological polar surface area (TPSA) is 58.9 Å². The van der Waals surface area contributed by atoms with Crippen molar-refractivity contribution in [2.24, 2.45) is 23.7 Å². The second-order valence-corrected chi connectivity index (χ2v) is 6.65. The summed E-state index contributed by atoms with van der Waals surface area (Å²) in [6, 6.07) is 3.82. The van der Waals surface area contributed by atoms with Gasteiger partial charge in [-0.3, -0.25) is 4.79 Å². The first-order valence-corrected chi connectivity index (χ1v) is 7.19. The summed E-state index contributed by atoms with van der Waals surface area (Å²) in [6.45, 7) is 0. The Morgan fingerprint density at radius 1 is 1.00 bits per heavy atom. The molecule has 4 aliphatic rings. The molecule has 0 unspecified atom stereocenters. The molecule has 0 aromatic carbocycles. The van der Waals surface area contributed by atoms with Crippen molar-refractivity contribution < 1.29 is 0 Å². The Kier molecular flexibility index (Phi) is 2.14. The van der Waals surface area contributed by atoms with Crippen LogP contribution in [0.15, 0.2) is 16.9 Å². The molecular weight excluding hydrogens is 224 g/mol. The summed E-state index contributed by atoms with van der Waals surface area (Å²) in [5, 5.41) is 0. The number of aromatic nitrogens is 1. The zero-order valence-electron chi connectivity index (χ0n) is 10.6. The Morgan fingerprint density at radius 3 is 2.17 bits per heavy atom. The molecule has 3 nitrogen and oxygen atoms in total. The minimum absolute atomic E-state index is 0.110. The van der Waals surface area contributed by atoms with E-state index >= 15 is 0 Å². The average molecular weight is 244 g/mol. The number of aromatic amines is 1. The average Bonchev–Trinajstić information content (AvgIpc) is 2.32. The first-order chi connectivity index (χ1) is 8.70. The van der Waals surface area contributed by atoms with Gasteiger partial charge in [-0.2, -0.15) is 0 Å². The summed E-state index contributed by atoms with van der Waals surface area (Å²) in [5.74, 6) is 4.15. The van der Waals surface area contributed by atoms with Gasteiger partial charge in [-0.15, -0.1) is 0 Å². The number of rotatable bonds is 1. The normalized spacial score (nSPS) is 41.2. The summed E-state index contributed by atoms with van der Waals surface area (Å²) in [5.41, 5.74) is 6.99. The molecule has 1 aromatic heterocycles. The van der Waals surface area contributed by atoms with Crippen molar-refractivity contribution in [1.29, 1.82) is 0 Å². The lowest BCUT2D eigenvalue weighted by atomic mass is 9.51. The van der Waals surface area contributed by atoms with Crippen molar-refractivity contribution >= 4 is 5.69 Å². The summed E-state index contributed by atoms with van der Waals surface area (Å²) < 4.78 is 0. The second-order valence-electron chi connectivity index (χ2n) is 6.65. The number of nitrogen functional groups attached to an aromatic ring is 1. The van der Waals surface area contributed by atoms with E-state index in [-0.39, 0.29) is 5.56 Å². The molecule has 5 rings (SSSR count). The molecule has 4 bridgehead atoms. The standard InChI is InChI=1S/C15H20N2O/c16-12-1-2-13(17-15(12)18)14-10-4-8-3-9(6-10)7-11(14)5-8/h1-2,8-11,14H,3-7,16H2,(H,17,18). The van der Waals surface area contributed by atoms with Crippen LogP contribution in [0.1, 0.15) is 43.7 Å². The SMILES string of the molecule is Nc1ccc(C2C3CC4CC(C3)CC2C4)[nH]c1=O. The molecule has 3 N–H and O–H groups in total. The van der Waals surface area contributed by atoms with Crippen molar-refractivity contribution in [3.8, 4) is 0 Å². The Hall–Kier alpha value is -1.25. The minimum Gasteiger partial charge on any atom is -0.394 e. The van der Waals surface area contributed by atoms with Crippen molar-refractivity contribution in [1.82, 2.24) is 4.98 Å². The molecule has 96 valence electrons. The minimum atomic E-state index is -0.110. The van der Waals surface area contributed by atoms with E-state index in [1.807, 2.05) is 6.07 Å². The third-order valence-corrected chi connectivity index (χ3v) is 5.55. The molecule has 0 amide bonds. The van der Waals surface area contributed by atoms with E-state index in [1.165, 1.54) is 32.1 Å². The zero-order chi connectivity index (χ0) is 12.3. The first-order valence-electron chi connectivity index (χ1n) is 7.19. The Bertz CT molecular complexity index is 506. The Labute approximate surface area is 107 Å². The Morgan fingerprint density at radius 2 is 1.61 bits per heavy atom. The maximum atomic E-state index is 11.7. The molecule has 0 saturated heterocycles. The largest absolute Gasteiger partial charge is 0.394 e. The van der Waals surface area contributed by atoms with Gasteiger partial charge in [-0.05, 0) is 67.9 Å². The summed E-state index contributed by atoms with van der Waals surface area (Å²) in [6.07, 6.45) is 6.99. The maximum absolute atomic E-state index is 11.7. The number of anilines is 1. The van der Waals surface area contributed by atoms with Gasteiger partial charge in [-0.1, -0.05) is 0 Å². The van der Waals surface area contributed by atoms with Gasteiger partial charge >= 0.3 is 0 Å². The van der Waals surface area contributed by atoms with Gasteiger partial charge in [0.25, 0.3) is 5.56 Å². The highest BCUT2D eigenvalue weighted by atomic mass is 16.1. The van der Waals surface area contributed by atoms with Crippen LogP contribution in [0.4, 0.5) is 5.69 Å². The van der Waals surface area contributed by atoms with Crippen LogP contribution in [0.3, 0.4) is 0 Å². The lowest BCUT2D eigenvalue weighted by Crippen LogP contribution is -2.44. The van der Waals surface area contributed by atoms with Gasteiger partial charge in [0.15, 0.2) is 0 Å². The molecule has 4 saturated carbocycles. The molecule has 0 aliphatic heterocycles. The fourth-order valence-electron chi connectivity index (χ4n) is 5.13. The van der Waals surface area contributed by atoms with Crippen LogP contribution in [0.5, 0.6) is 0 Å². The van der Waals surface area contributed by atoms with E-state index in [9.17, 15) is 4.79 Å². The first kappa shape index (κ1) is 10.7. The van der Waals surface area contributed by atoms with E-state index in [1.54, 1.807) is 6.07 Å². The highest BCUT2D eigenvalue weighted by Gasteiger charge is 2.48. The van der Waals surface area contributed by atoms with E-state index in [4.69, 9.17) is 5.73 Å². The fraction of sp³-hybridized carbons (Fsp3) is 0.667. The van der Waals surface area contributed by atoms with Crippen molar-refractivity contribution in [3.63, 3.8) is 0 Å². The molecule has 0 atom stereocenters. The molecule has 1 heterocycles. The zero-order valence-corrected chi connectivity index (χ0v) is 10.6. The monoisotopic (exact) mass is 244 g/mol. The summed E-state index contributed by atoms with van der Waals surface area (Å²) in [7, 11) is 0. The van der Waals surface area contributed by atoms with Crippen molar-refractivity contribution in [2.75, 3.05) is 5.73 Å². The number of nitrogens with two attached hydrogens (primary N) is 1. The highest BCUT2D eigenvalue weighted by Crippen LogP contribution is 2.59. The van der Waals surface area contributed by atoms with E-state index in [2.05, 4.69) is 4.98 Å². The number of pyridine rings is 1. The smallest absolute Gasteiger partial charge is 0.271 e. The van der Waals surface area contributed by atoms with Crippen LogP contribution >= 0.6 is 0 Å². The van der Waals surface area contributed by atoms with Crippen LogP contribution in [-0.2, 0) is 0 Å². The van der Waals surface area contributed by atoms with E-state index < -0.39 is 0 Å². The van der Waals surface area contributed by atoms with E-state index in [0.29, 0.717) is 11.6 Å². The quantitative estimate of drug-likeness (QED) is 0.797. The van der Waals surface area contributed by atoms with Gasteiger partial charge in [-0.25, -0.2) is 0 Å². The summed E-state index contributed by atoms with van der Waals surface area (Å²) in [4.78, 5) is 14.7. The number of H-pyrrole nitrogens is 1.